The van der Waals surface area contributed by atoms with Crippen LogP contribution in [0.25, 0.3) is 11.3 Å². The number of hydrogen-bond acceptors (Lipinski definition) is 9. The number of ether oxygens (including phenoxy) is 4. The molecule has 9 atom stereocenters. The zero-order chi connectivity index (χ0) is 34.1. The lowest BCUT2D eigenvalue weighted by atomic mass is 9.42. The molecule has 1 saturated heterocycles. The summed E-state index contributed by atoms with van der Waals surface area (Å²) in [6.45, 7) is 6.50. The first kappa shape index (κ1) is 31.9. The molecule has 3 fully saturated rings. The van der Waals surface area contributed by atoms with Crippen molar-refractivity contribution in [3.8, 4) is 17.1 Å². The van der Waals surface area contributed by atoms with Crippen molar-refractivity contribution < 1.29 is 37.7 Å². The Morgan fingerprint density at radius 3 is 2.53 bits per heavy atom. The Labute approximate surface area is 283 Å². The summed E-state index contributed by atoms with van der Waals surface area (Å²) < 4.78 is 45.7. The van der Waals surface area contributed by atoms with Gasteiger partial charge in [0, 0.05) is 40.9 Å². The first-order valence-electron chi connectivity index (χ1n) is 16.8. The molecule has 0 amide bonds. The summed E-state index contributed by atoms with van der Waals surface area (Å²) in [5, 5.41) is 12.3. The van der Waals surface area contributed by atoms with Crippen molar-refractivity contribution in [2.24, 2.45) is 22.7 Å². The summed E-state index contributed by atoms with van der Waals surface area (Å²) >= 11 is 0. The minimum Gasteiger partial charge on any atom is -0.482 e. The van der Waals surface area contributed by atoms with Crippen molar-refractivity contribution >= 4 is 5.97 Å². The third kappa shape index (κ3) is 5.03. The van der Waals surface area contributed by atoms with Gasteiger partial charge in [-0.15, -0.1) is 0 Å². The van der Waals surface area contributed by atoms with Gasteiger partial charge in [0.05, 0.1) is 24.4 Å². The van der Waals surface area contributed by atoms with Crippen LogP contribution >= 0.6 is 0 Å². The highest BCUT2D eigenvalue weighted by Gasteiger charge is 2.71. The molecular weight excluding hydrogens is 629 g/mol. The number of aliphatic hydroxyl groups is 1. The summed E-state index contributed by atoms with van der Waals surface area (Å²) in [5.41, 5.74) is -1.37. The Morgan fingerprint density at radius 2 is 1.80 bits per heavy atom. The van der Waals surface area contributed by atoms with Gasteiger partial charge in [0.1, 0.15) is 34.6 Å². The number of rotatable bonds is 4. The topological polar surface area (TPSA) is 117 Å². The van der Waals surface area contributed by atoms with E-state index in [0.29, 0.717) is 31.4 Å². The van der Waals surface area contributed by atoms with E-state index in [0.717, 1.165) is 5.56 Å². The number of halogens is 1. The van der Waals surface area contributed by atoms with Gasteiger partial charge in [-0.05, 0) is 73.9 Å². The fourth-order valence-corrected chi connectivity index (χ4v) is 9.42. The molecule has 2 aromatic heterocycles. The zero-order valence-corrected chi connectivity index (χ0v) is 27.5. The van der Waals surface area contributed by atoms with E-state index in [1.165, 1.54) is 24.3 Å². The quantitative estimate of drug-likeness (QED) is 0.234. The van der Waals surface area contributed by atoms with E-state index < -0.39 is 58.3 Å². The van der Waals surface area contributed by atoms with Crippen molar-refractivity contribution in [1.82, 2.24) is 4.98 Å². The van der Waals surface area contributed by atoms with Gasteiger partial charge in [-0.25, -0.2) is 14.0 Å². The molecular formula is C39H38FNO8. The van der Waals surface area contributed by atoms with Crippen LogP contribution in [0.2, 0.25) is 0 Å². The van der Waals surface area contributed by atoms with Crippen molar-refractivity contribution in [1.29, 1.82) is 0 Å². The van der Waals surface area contributed by atoms with Crippen molar-refractivity contribution in [3.05, 3.63) is 118 Å². The molecule has 4 aromatic rings. The van der Waals surface area contributed by atoms with E-state index in [4.69, 9.17) is 23.4 Å². The maximum atomic E-state index is 13.8. The van der Waals surface area contributed by atoms with Crippen LogP contribution in [0, 0.1) is 28.5 Å². The van der Waals surface area contributed by atoms with Crippen molar-refractivity contribution in [3.63, 3.8) is 0 Å². The van der Waals surface area contributed by atoms with Crippen LogP contribution < -0.4 is 10.4 Å². The lowest BCUT2D eigenvalue weighted by molar-refractivity contribution is -0.330. The number of carbonyl (C=O) groups is 1. The SMILES string of the molecule is CC12COC(c3ccccc3)O[C@H]1CC[C@@]1(C)C2C[C@H](OC(=O)c2ccc(F)cc2)[C@@]2(C)Oc3cc(-c4cccnc4)oc(=O)c3[C@H](O)C12. The molecule has 9 nitrogen and oxygen atoms in total. The molecule has 0 spiro atoms. The molecule has 10 heteroatoms. The Balaban J connectivity index is 1.21. The Hall–Kier alpha value is -4.38. The highest BCUT2D eigenvalue weighted by Crippen LogP contribution is 2.68. The van der Waals surface area contributed by atoms with Crippen molar-refractivity contribution in [2.45, 2.75) is 70.2 Å². The molecule has 49 heavy (non-hydrogen) atoms. The van der Waals surface area contributed by atoms with Crippen LogP contribution in [-0.4, -0.2) is 40.5 Å². The highest BCUT2D eigenvalue weighted by atomic mass is 19.1. The van der Waals surface area contributed by atoms with Gasteiger partial charge in [0.25, 0.3) is 0 Å². The minimum absolute atomic E-state index is 0.0353. The number of aromatic nitrogens is 1. The molecule has 4 heterocycles. The zero-order valence-electron chi connectivity index (χ0n) is 27.5. The van der Waals surface area contributed by atoms with Gasteiger partial charge in [0.15, 0.2) is 6.29 Å². The van der Waals surface area contributed by atoms with E-state index in [1.54, 1.807) is 30.6 Å². The summed E-state index contributed by atoms with van der Waals surface area (Å²) in [6.07, 6.45) is 2.06. The number of pyridine rings is 1. The first-order chi connectivity index (χ1) is 23.5. The Morgan fingerprint density at radius 1 is 1.02 bits per heavy atom. The van der Waals surface area contributed by atoms with Crippen molar-refractivity contribution in [2.75, 3.05) is 6.61 Å². The average Bonchev–Trinajstić information content (AvgIpc) is 3.09. The van der Waals surface area contributed by atoms with Crippen LogP contribution in [0.4, 0.5) is 4.39 Å². The second-order valence-corrected chi connectivity index (χ2v) is 14.5. The summed E-state index contributed by atoms with van der Waals surface area (Å²) in [5.74, 6) is -1.57. The molecule has 254 valence electrons. The smallest absolute Gasteiger partial charge is 0.345 e. The first-order valence-corrected chi connectivity index (χ1v) is 16.8. The molecule has 0 bridgehead atoms. The normalized spacial score (nSPS) is 34.7. The summed E-state index contributed by atoms with van der Waals surface area (Å²) in [7, 11) is 0. The fourth-order valence-electron chi connectivity index (χ4n) is 9.42. The van der Waals surface area contributed by atoms with Crippen LogP contribution in [0.15, 0.2) is 94.4 Å². The number of carbonyl (C=O) groups excluding carboxylic acids is 1. The monoisotopic (exact) mass is 667 g/mol. The molecule has 2 aliphatic heterocycles. The minimum atomic E-state index is -1.30. The van der Waals surface area contributed by atoms with Crippen LogP contribution in [0.3, 0.4) is 0 Å². The van der Waals surface area contributed by atoms with Gasteiger partial charge in [-0.1, -0.05) is 44.2 Å². The van der Waals surface area contributed by atoms with Gasteiger partial charge in [0.2, 0.25) is 0 Å². The van der Waals surface area contributed by atoms with Crippen LogP contribution in [-0.2, 0) is 14.2 Å². The summed E-state index contributed by atoms with van der Waals surface area (Å²) in [4.78, 5) is 31.5. The second kappa shape index (κ2) is 11.6. The molecule has 2 saturated carbocycles. The lowest BCUT2D eigenvalue weighted by Crippen LogP contribution is -2.71. The maximum Gasteiger partial charge on any atom is 0.345 e. The Bertz CT molecular complexity index is 1940. The van der Waals surface area contributed by atoms with E-state index in [9.17, 15) is 19.1 Å². The average molecular weight is 668 g/mol. The van der Waals surface area contributed by atoms with Gasteiger partial charge < -0.3 is 28.5 Å². The van der Waals surface area contributed by atoms with Gasteiger partial charge in [-0.2, -0.15) is 0 Å². The molecule has 4 unspecified atom stereocenters. The lowest BCUT2D eigenvalue weighted by Gasteiger charge is -2.67. The molecule has 1 N–H and O–H groups in total. The number of nitrogens with zero attached hydrogens (tertiary/aromatic N) is 1. The van der Waals surface area contributed by atoms with E-state index >= 15 is 0 Å². The molecule has 2 aliphatic carbocycles. The maximum absolute atomic E-state index is 13.8. The molecule has 0 radical (unpaired) electrons. The van der Waals surface area contributed by atoms with Gasteiger partial charge >= 0.3 is 11.6 Å². The summed E-state index contributed by atoms with van der Waals surface area (Å²) in [6, 6.07) is 20.1. The third-order valence-electron chi connectivity index (χ3n) is 11.8. The standard InChI is InChI=1S/C39H38FNO8/c1-37-16-15-29-38(2,21-45-36(48-29)23-8-5-4-6-9-23)28(37)19-30(47-34(43)22-11-13-25(40)14-12-22)39(3)33(37)32(42)31-27(49-39)18-26(46-35(31)44)24-10-7-17-41-20-24/h4-14,17-18,20,28-30,32-33,36,42H,15-16,19,21H2,1-3H3/t28?,29-,30-,32-,33?,36?,37-,38?,39+/m0/s1. The number of aliphatic hydroxyl groups excluding tert-OH is 1. The Kier molecular flexibility index (Phi) is 7.55. The molecule has 4 aliphatic rings. The molecule has 8 rings (SSSR count). The van der Waals surface area contributed by atoms with E-state index in [2.05, 4.69) is 18.8 Å². The van der Waals surface area contributed by atoms with E-state index in [1.807, 2.05) is 37.3 Å². The highest BCUT2D eigenvalue weighted by molar-refractivity contribution is 5.89. The number of benzene rings is 2. The fraction of sp³-hybridized carbons (Fsp3) is 0.410. The second-order valence-electron chi connectivity index (χ2n) is 14.5. The predicted molar refractivity (Wildman–Crippen MR) is 175 cm³/mol. The predicted octanol–water partition coefficient (Wildman–Crippen LogP) is 6.81. The largest absolute Gasteiger partial charge is 0.482 e. The number of esters is 1. The third-order valence-corrected chi connectivity index (χ3v) is 11.8. The van der Waals surface area contributed by atoms with Crippen LogP contribution in [0.1, 0.15) is 73.9 Å². The van der Waals surface area contributed by atoms with Crippen LogP contribution in [0.5, 0.6) is 5.75 Å². The van der Waals surface area contributed by atoms with Gasteiger partial charge in [-0.3, -0.25) is 4.98 Å². The number of hydrogen-bond donors (Lipinski definition) is 1. The molecule has 2 aromatic carbocycles. The number of fused-ring (bicyclic) bond motifs is 6. The van der Waals surface area contributed by atoms with E-state index in [-0.39, 0.29) is 34.7 Å².